The first-order chi connectivity index (χ1) is 8.36. The lowest BCUT2D eigenvalue weighted by atomic mass is 10.2. The molecule has 1 aromatic heterocycles. The summed E-state index contributed by atoms with van der Waals surface area (Å²) in [5, 5.41) is 1.16. The summed E-state index contributed by atoms with van der Waals surface area (Å²) in [5.41, 5.74) is 1.19. The molecular weight excluding hydrogens is 210 g/mol. The molecule has 2 nitrogen and oxygen atoms in total. The first-order valence-electron chi connectivity index (χ1n) is 6.01. The molecule has 0 aliphatic rings. The molecule has 0 bridgehead atoms. The molecule has 0 fully saturated rings. The number of fused-ring (bicyclic) bond motifs is 1. The third kappa shape index (κ3) is 2.45. The van der Waals surface area contributed by atoms with Crippen LogP contribution in [0.15, 0.2) is 30.5 Å². The number of ether oxygens (including phenoxy) is 1. The molecule has 2 rings (SSSR count). The van der Waals surface area contributed by atoms with Crippen LogP contribution in [0.3, 0.4) is 0 Å². The van der Waals surface area contributed by atoms with Crippen molar-refractivity contribution in [3.05, 3.63) is 30.5 Å². The molecule has 1 aromatic carbocycles. The van der Waals surface area contributed by atoms with Crippen molar-refractivity contribution in [2.45, 2.75) is 26.3 Å². The Hall–Kier alpha value is -1.88. The van der Waals surface area contributed by atoms with Crippen LogP contribution in [0.1, 0.15) is 19.8 Å². The largest absolute Gasteiger partial charge is 0.493 e. The van der Waals surface area contributed by atoms with Gasteiger partial charge in [-0.15, -0.1) is 12.3 Å². The van der Waals surface area contributed by atoms with Crippen LogP contribution in [0, 0.1) is 12.3 Å². The molecule has 0 radical (unpaired) electrons. The summed E-state index contributed by atoms with van der Waals surface area (Å²) in [6.45, 7) is 3.73. The monoisotopic (exact) mass is 227 g/mol. The second-order valence-corrected chi connectivity index (χ2v) is 4.00. The van der Waals surface area contributed by atoms with Crippen LogP contribution < -0.4 is 4.74 Å². The van der Waals surface area contributed by atoms with Crippen LogP contribution in [0.2, 0.25) is 0 Å². The highest BCUT2D eigenvalue weighted by Gasteiger charge is 2.05. The number of terminal acetylenes is 1. The SMILES string of the molecule is C#CCCn1ccc2c(OCCC)cccc21. The van der Waals surface area contributed by atoms with Gasteiger partial charge < -0.3 is 9.30 Å². The van der Waals surface area contributed by atoms with Gasteiger partial charge in [-0.05, 0) is 24.6 Å². The second kappa shape index (κ2) is 5.45. The molecule has 0 amide bonds. The van der Waals surface area contributed by atoms with E-state index in [1.54, 1.807) is 0 Å². The average Bonchev–Trinajstić information content (AvgIpc) is 2.77. The van der Waals surface area contributed by atoms with Crippen molar-refractivity contribution in [1.82, 2.24) is 4.57 Å². The summed E-state index contributed by atoms with van der Waals surface area (Å²) in [6, 6.07) is 8.24. The zero-order chi connectivity index (χ0) is 12.1. The Morgan fingerprint density at radius 3 is 3.00 bits per heavy atom. The van der Waals surface area contributed by atoms with Crippen LogP contribution in [-0.4, -0.2) is 11.2 Å². The number of hydrogen-bond donors (Lipinski definition) is 0. The summed E-state index contributed by atoms with van der Waals surface area (Å²) < 4.78 is 7.91. The normalized spacial score (nSPS) is 10.4. The first kappa shape index (κ1) is 11.6. The van der Waals surface area contributed by atoms with E-state index in [9.17, 15) is 0 Å². The van der Waals surface area contributed by atoms with Crippen molar-refractivity contribution in [3.63, 3.8) is 0 Å². The fourth-order valence-corrected chi connectivity index (χ4v) is 1.91. The molecule has 0 aliphatic carbocycles. The van der Waals surface area contributed by atoms with Gasteiger partial charge in [-0.1, -0.05) is 13.0 Å². The molecule has 0 aliphatic heterocycles. The van der Waals surface area contributed by atoms with E-state index in [0.29, 0.717) is 0 Å². The smallest absolute Gasteiger partial charge is 0.128 e. The fraction of sp³-hybridized carbons (Fsp3) is 0.333. The standard InChI is InChI=1S/C15H17NO/c1-3-5-10-16-11-9-13-14(16)7-6-8-15(13)17-12-4-2/h1,6-9,11H,4-5,10,12H2,2H3. The lowest BCUT2D eigenvalue weighted by Gasteiger charge is -2.07. The van der Waals surface area contributed by atoms with Gasteiger partial charge in [0, 0.05) is 24.5 Å². The molecule has 0 N–H and O–H groups in total. The molecule has 1 heterocycles. The lowest BCUT2D eigenvalue weighted by Crippen LogP contribution is -1.97. The van der Waals surface area contributed by atoms with Gasteiger partial charge in [-0.2, -0.15) is 0 Å². The van der Waals surface area contributed by atoms with Crippen LogP contribution in [-0.2, 0) is 6.54 Å². The molecule has 0 atom stereocenters. The van der Waals surface area contributed by atoms with Crippen molar-refractivity contribution in [1.29, 1.82) is 0 Å². The molecule has 0 unspecified atom stereocenters. The third-order valence-electron chi connectivity index (χ3n) is 2.73. The fourth-order valence-electron chi connectivity index (χ4n) is 1.91. The van der Waals surface area contributed by atoms with Crippen molar-refractivity contribution in [3.8, 4) is 18.1 Å². The van der Waals surface area contributed by atoms with Gasteiger partial charge in [0.1, 0.15) is 5.75 Å². The minimum atomic E-state index is 0.754. The topological polar surface area (TPSA) is 14.2 Å². The molecule has 17 heavy (non-hydrogen) atoms. The molecule has 88 valence electrons. The van der Waals surface area contributed by atoms with Gasteiger partial charge >= 0.3 is 0 Å². The van der Waals surface area contributed by atoms with Crippen molar-refractivity contribution >= 4 is 10.9 Å². The number of aryl methyl sites for hydroxylation is 1. The second-order valence-electron chi connectivity index (χ2n) is 4.00. The highest BCUT2D eigenvalue weighted by Crippen LogP contribution is 2.26. The van der Waals surface area contributed by atoms with Gasteiger partial charge in [-0.25, -0.2) is 0 Å². The Morgan fingerprint density at radius 1 is 1.35 bits per heavy atom. The van der Waals surface area contributed by atoms with Gasteiger partial charge in [0.15, 0.2) is 0 Å². The summed E-state index contributed by atoms with van der Waals surface area (Å²) >= 11 is 0. The maximum atomic E-state index is 5.73. The number of aromatic nitrogens is 1. The van der Waals surface area contributed by atoms with Gasteiger partial charge in [-0.3, -0.25) is 0 Å². The van der Waals surface area contributed by atoms with Crippen LogP contribution in [0.25, 0.3) is 10.9 Å². The van der Waals surface area contributed by atoms with E-state index >= 15 is 0 Å². The quantitative estimate of drug-likeness (QED) is 0.713. The number of rotatable bonds is 5. The Morgan fingerprint density at radius 2 is 2.24 bits per heavy atom. The molecule has 0 saturated heterocycles. The number of benzene rings is 1. The Bertz CT molecular complexity index is 533. The highest BCUT2D eigenvalue weighted by molar-refractivity contribution is 5.86. The van der Waals surface area contributed by atoms with E-state index in [4.69, 9.17) is 11.2 Å². The van der Waals surface area contributed by atoms with E-state index in [1.165, 1.54) is 5.52 Å². The summed E-state index contributed by atoms with van der Waals surface area (Å²) in [6.07, 6.45) is 9.14. The zero-order valence-corrected chi connectivity index (χ0v) is 10.1. The highest BCUT2D eigenvalue weighted by atomic mass is 16.5. The third-order valence-corrected chi connectivity index (χ3v) is 2.73. The van der Waals surface area contributed by atoms with E-state index in [1.807, 2.05) is 12.1 Å². The minimum Gasteiger partial charge on any atom is -0.493 e. The Labute approximate surface area is 102 Å². The van der Waals surface area contributed by atoms with Crippen LogP contribution in [0.5, 0.6) is 5.75 Å². The summed E-state index contributed by atoms with van der Waals surface area (Å²) in [7, 11) is 0. The van der Waals surface area contributed by atoms with Crippen LogP contribution in [0.4, 0.5) is 0 Å². The van der Waals surface area contributed by atoms with Crippen molar-refractivity contribution < 1.29 is 4.74 Å². The molecule has 0 saturated carbocycles. The number of hydrogen-bond acceptors (Lipinski definition) is 1. The molecule has 2 heteroatoms. The zero-order valence-electron chi connectivity index (χ0n) is 10.1. The molecule has 2 aromatic rings. The van der Waals surface area contributed by atoms with E-state index in [-0.39, 0.29) is 0 Å². The maximum Gasteiger partial charge on any atom is 0.128 e. The molecule has 0 spiro atoms. The first-order valence-corrected chi connectivity index (χ1v) is 6.01. The van der Waals surface area contributed by atoms with E-state index in [2.05, 4.69) is 35.7 Å². The Balaban J connectivity index is 2.32. The summed E-state index contributed by atoms with van der Waals surface area (Å²) in [4.78, 5) is 0. The van der Waals surface area contributed by atoms with Gasteiger partial charge in [0.25, 0.3) is 0 Å². The average molecular weight is 227 g/mol. The maximum absolute atomic E-state index is 5.73. The van der Waals surface area contributed by atoms with E-state index in [0.717, 1.165) is 37.1 Å². The van der Waals surface area contributed by atoms with Gasteiger partial charge in [0.05, 0.1) is 12.1 Å². The minimum absolute atomic E-state index is 0.754. The van der Waals surface area contributed by atoms with E-state index < -0.39 is 0 Å². The van der Waals surface area contributed by atoms with Crippen molar-refractivity contribution in [2.24, 2.45) is 0 Å². The molecular formula is C15H17NO. The summed E-state index contributed by atoms with van der Waals surface area (Å²) in [5.74, 6) is 3.63. The number of nitrogens with zero attached hydrogens (tertiary/aromatic N) is 1. The van der Waals surface area contributed by atoms with Gasteiger partial charge in [0.2, 0.25) is 0 Å². The van der Waals surface area contributed by atoms with Crippen molar-refractivity contribution in [2.75, 3.05) is 6.61 Å². The lowest BCUT2D eigenvalue weighted by molar-refractivity contribution is 0.321. The predicted molar refractivity (Wildman–Crippen MR) is 71.2 cm³/mol. The Kier molecular flexibility index (Phi) is 3.72. The van der Waals surface area contributed by atoms with Crippen LogP contribution >= 0.6 is 0 Å². The predicted octanol–water partition coefficient (Wildman–Crippen LogP) is 3.45.